The Hall–Kier alpha value is -0.0400. The first kappa shape index (κ1) is 12.4. The molecule has 2 fully saturated rings. The third kappa shape index (κ3) is 3.23. The Kier molecular flexibility index (Phi) is 3.94. The molecule has 0 spiro atoms. The summed E-state index contributed by atoms with van der Waals surface area (Å²) in [5.41, 5.74) is -0.305. The van der Waals surface area contributed by atoms with E-state index >= 15 is 0 Å². The molecule has 2 aliphatic carbocycles. The largest absolute Gasteiger partial charge is 0.390 e. The summed E-state index contributed by atoms with van der Waals surface area (Å²) in [5.74, 6) is 2.54. The Labute approximate surface area is 101 Å². The molecule has 1 nitrogen and oxygen atoms in total. The number of aliphatic hydroxyl groups is 1. The van der Waals surface area contributed by atoms with E-state index in [4.69, 9.17) is 0 Å². The molecule has 0 amide bonds. The van der Waals surface area contributed by atoms with E-state index in [9.17, 15) is 5.11 Å². The molecule has 16 heavy (non-hydrogen) atoms. The van der Waals surface area contributed by atoms with Crippen molar-refractivity contribution in [2.75, 3.05) is 0 Å². The highest BCUT2D eigenvalue weighted by molar-refractivity contribution is 4.93. The molecule has 0 aromatic heterocycles. The molecule has 0 aromatic rings. The summed E-state index contributed by atoms with van der Waals surface area (Å²) < 4.78 is 0. The first-order chi connectivity index (χ1) is 7.63. The van der Waals surface area contributed by atoms with Crippen LogP contribution in [-0.2, 0) is 0 Å². The third-order valence-electron chi connectivity index (χ3n) is 4.66. The van der Waals surface area contributed by atoms with Crippen LogP contribution in [-0.4, -0.2) is 10.7 Å². The van der Waals surface area contributed by atoms with Gasteiger partial charge < -0.3 is 5.11 Å². The lowest BCUT2D eigenvalue weighted by Gasteiger charge is -2.38. The average Bonchev–Trinajstić information content (AvgIpc) is 2.99. The van der Waals surface area contributed by atoms with Crippen molar-refractivity contribution in [2.45, 2.75) is 77.2 Å². The van der Waals surface area contributed by atoms with Gasteiger partial charge in [0, 0.05) is 0 Å². The minimum absolute atomic E-state index is 0.305. The van der Waals surface area contributed by atoms with Crippen LogP contribution in [0, 0.1) is 17.8 Å². The number of rotatable bonds is 5. The highest BCUT2D eigenvalue weighted by atomic mass is 16.3. The summed E-state index contributed by atoms with van der Waals surface area (Å²) in [6.07, 6.45) is 11.3. The van der Waals surface area contributed by atoms with Gasteiger partial charge in [-0.3, -0.25) is 0 Å². The SMILES string of the molecule is CCCC(C)CC1(O)CCCC(C2CC2)C1. The Balaban J connectivity index is 1.84. The molecule has 2 saturated carbocycles. The van der Waals surface area contributed by atoms with E-state index in [1.54, 1.807) is 0 Å². The second kappa shape index (κ2) is 5.08. The molecule has 0 bridgehead atoms. The third-order valence-corrected chi connectivity index (χ3v) is 4.66. The van der Waals surface area contributed by atoms with E-state index in [0.717, 1.165) is 31.1 Å². The molecule has 0 heterocycles. The number of hydrogen-bond acceptors (Lipinski definition) is 1. The maximum Gasteiger partial charge on any atom is 0.0653 e. The van der Waals surface area contributed by atoms with Gasteiger partial charge in [0.25, 0.3) is 0 Å². The molecule has 3 atom stereocenters. The molecular formula is C15H28O. The van der Waals surface area contributed by atoms with Gasteiger partial charge in [-0.2, -0.15) is 0 Å². The van der Waals surface area contributed by atoms with Crippen molar-refractivity contribution in [1.29, 1.82) is 0 Å². The summed E-state index contributed by atoms with van der Waals surface area (Å²) in [7, 11) is 0. The van der Waals surface area contributed by atoms with E-state index in [1.165, 1.54) is 38.5 Å². The fourth-order valence-corrected chi connectivity index (χ4v) is 3.78. The van der Waals surface area contributed by atoms with Crippen molar-refractivity contribution in [3.63, 3.8) is 0 Å². The van der Waals surface area contributed by atoms with Crippen molar-refractivity contribution in [3.05, 3.63) is 0 Å². The molecule has 94 valence electrons. The molecular weight excluding hydrogens is 196 g/mol. The van der Waals surface area contributed by atoms with Crippen LogP contribution in [0.1, 0.15) is 71.6 Å². The standard InChI is InChI=1S/C15H28O/c1-3-5-12(2)10-15(16)9-4-6-14(11-15)13-7-8-13/h12-14,16H,3-11H2,1-2H3. The monoisotopic (exact) mass is 224 g/mol. The van der Waals surface area contributed by atoms with Gasteiger partial charge in [-0.25, -0.2) is 0 Å². The minimum Gasteiger partial charge on any atom is -0.390 e. The topological polar surface area (TPSA) is 20.2 Å². The van der Waals surface area contributed by atoms with Crippen molar-refractivity contribution < 1.29 is 5.11 Å². The molecule has 2 aliphatic rings. The summed E-state index contributed by atoms with van der Waals surface area (Å²) in [5, 5.41) is 10.7. The van der Waals surface area contributed by atoms with Crippen molar-refractivity contribution in [1.82, 2.24) is 0 Å². The smallest absolute Gasteiger partial charge is 0.0653 e. The molecule has 0 radical (unpaired) electrons. The average molecular weight is 224 g/mol. The van der Waals surface area contributed by atoms with E-state index < -0.39 is 0 Å². The van der Waals surface area contributed by atoms with Crippen LogP contribution in [0.2, 0.25) is 0 Å². The Bertz CT molecular complexity index is 221. The van der Waals surface area contributed by atoms with Crippen LogP contribution >= 0.6 is 0 Å². The second-order valence-electron chi connectivity index (χ2n) is 6.52. The Morgan fingerprint density at radius 2 is 2.00 bits per heavy atom. The van der Waals surface area contributed by atoms with Gasteiger partial charge in [-0.15, -0.1) is 0 Å². The predicted molar refractivity (Wildman–Crippen MR) is 68.3 cm³/mol. The van der Waals surface area contributed by atoms with E-state index in [1.807, 2.05) is 0 Å². The molecule has 0 aliphatic heterocycles. The summed E-state index contributed by atoms with van der Waals surface area (Å²) >= 11 is 0. The fourth-order valence-electron chi connectivity index (χ4n) is 3.78. The molecule has 3 unspecified atom stereocenters. The Morgan fingerprint density at radius 1 is 1.25 bits per heavy atom. The first-order valence-corrected chi connectivity index (χ1v) is 7.35. The lowest BCUT2D eigenvalue weighted by Crippen LogP contribution is -2.37. The van der Waals surface area contributed by atoms with Crippen molar-refractivity contribution >= 4 is 0 Å². The van der Waals surface area contributed by atoms with Gasteiger partial charge in [0.15, 0.2) is 0 Å². The highest BCUT2D eigenvalue weighted by Crippen LogP contribution is 2.48. The van der Waals surface area contributed by atoms with Crippen LogP contribution < -0.4 is 0 Å². The Morgan fingerprint density at radius 3 is 2.62 bits per heavy atom. The quantitative estimate of drug-likeness (QED) is 0.744. The molecule has 0 aromatic carbocycles. The highest BCUT2D eigenvalue weighted by Gasteiger charge is 2.41. The van der Waals surface area contributed by atoms with E-state index in [2.05, 4.69) is 13.8 Å². The van der Waals surface area contributed by atoms with Crippen LogP contribution in [0.3, 0.4) is 0 Å². The van der Waals surface area contributed by atoms with Crippen LogP contribution in [0.15, 0.2) is 0 Å². The first-order valence-electron chi connectivity index (χ1n) is 7.35. The summed E-state index contributed by atoms with van der Waals surface area (Å²) in [6.45, 7) is 4.55. The van der Waals surface area contributed by atoms with Gasteiger partial charge >= 0.3 is 0 Å². The number of hydrogen-bond donors (Lipinski definition) is 1. The lowest BCUT2D eigenvalue weighted by molar-refractivity contribution is -0.0381. The van der Waals surface area contributed by atoms with E-state index in [0.29, 0.717) is 5.92 Å². The van der Waals surface area contributed by atoms with Gasteiger partial charge in [0.05, 0.1) is 5.60 Å². The summed E-state index contributed by atoms with van der Waals surface area (Å²) in [6, 6.07) is 0. The maximum atomic E-state index is 10.7. The van der Waals surface area contributed by atoms with E-state index in [-0.39, 0.29) is 5.60 Å². The predicted octanol–water partition coefficient (Wildman–Crippen LogP) is 4.14. The fraction of sp³-hybridized carbons (Fsp3) is 1.00. The van der Waals surface area contributed by atoms with Gasteiger partial charge in [0.2, 0.25) is 0 Å². The summed E-state index contributed by atoms with van der Waals surface area (Å²) in [4.78, 5) is 0. The van der Waals surface area contributed by atoms with Crippen LogP contribution in [0.4, 0.5) is 0 Å². The zero-order valence-corrected chi connectivity index (χ0v) is 11.0. The normalized spacial score (nSPS) is 37.3. The van der Waals surface area contributed by atoms with Gasteiger partial charge in [-0.05, 0) is 56.3 Å². The zero-order valence-electron chi connectivity index (χ0n) is 11.0. The zero-order chi connectivity index (χ0) is 11.6. The molecule has 0 saturated heterocycles. The molecule has 1 heteroatoms. The van der Waals surface area contributed by atoms with Crippen molar-refractivity contribution in [3.8, 4) is 0 Å². The molecule has 1 N–H and O–H groups in total. The van der Waals surface area contributed by atoms with Crippen LogP contribution in [0.5, 0.6) is 0 Å². The van der Waals surface area contributed by atoms with Gasteiger partial charge in [-0.1, -0.05) is 33.1 Å². The maximum absolute atomic E-state index is 10.7. The van der Waals surface area contributed by atoms with Crippen molar-refractivity contribution in [2.24, 2.45) is 17.8 Å². The van der Waals surface area contributed by atoms with Gasteiger partial charge in [0.1, 0.15) is 0 Å². The minimum atomic E-state index is -0.305. The van der Waals surface area contributed by atoms with Crippen LogP contribution in [0.25, 0.3) is 0 Å². The second-order valence-corrected chi connectivity index (χ2v) is 6.52. The lowest BCUT2D eigenvalue weighted by atomic mass is 9.72. The molecule has 2 rings (SSSR count).